The van der Waals surface area contributed by atoms with Crippen LogP contribution in [0.3, 0.4) is 0 Å². The minimum atomic E-state index is -0.0870. The summed E-state index contributed by atoms with van der Waals surface area (Å²) in [6.45, 7) is 10.7. The Labute approximate surface area is 367 Å². The van der Waals surface area contributed by atoms with Crippen molar-refractivity contribution in [3.05, 3.63) is 220 Å². The molecule has 0 spiro atoms. The lowest BCUT2D eigenvalue weighted by molar-refractivity contribution is 0.657. The minimum absolute atomic E-state index is 0.0535. The largest absolute Gasteiger partial charge is 0.341 e. The molecular weight excluding hydrogens is 749 g/mol. The van der Waals surface area contributed by atoms with Crippen molar-refractivity contribution in [1.82, 2.24) is 0 Å². The average Bonchev–Trinajstić information content (AvgIpc) is 3.67. The molecule has 4 aliphatic rings. The lowest BCUT2D eigenvalue weighted by atomic mass is 9.80. The standard InChI is InChI=1S/C60H52N2/c1-59(2)52-34-39(19-20-40-22-30-49-51-32-28-47(38-55(51)60(3,4)53(49)35-40)61-33-11-15-42-12-5-8-16-56(42)61)21-29-48(52)50-31-25-43(37-54(50)59)41-23-26-46(27-24-41)62-57-17-9-6-13-44(57)36-45-14-7-10-18-58(45)62/h5-10,12-14,16-18,21-32,34-35,37-38H,11,15,19-20,33,36H2,1-4H3. The monoisotopic (exact) mass is 800 g/mol. The summed E-state index contributed by atoms with van der Waals surface area (Å²) >= 11 is 0. The first kappa shape index (κ1) is 37.1. The summed E-state index contributed by atoms with van der Waals surface area (Å²) in [6, 6.07) is 64.7. The molecule has 0 saturated carbocycles. The second-order valence-electron chi connectivity index (χ2n) is 19.2. The van der Waals surface area contributed by atoms with Crippen LogP contribution < -0.4 is 9.80 Å². The SMILES string of the molecule is CC1(C)c2cc(CCc3ccc4c(c3)C(C)(C)c3cc(N5CCCc6ccccc65)ccc3-4)ccc2-c2ccc(-c3ccc(N4c5ccccc5Cc5ccccc54)cc3)cc21. The van der Waals surface area contributed by atoms with Gasteiger partial charge in [0.2, 0.25) is 0 Å². The van der Waals surface area contributed by atoms with Crippen LogP contribution in [0.4, 0.5) is 28.4 Å². The van der Waals surface area contributed by atoms with E-state index in [0.717, 1.165) is 32.2 Å². The smallest absolute Gasteiger partial charge is 0.0497 e. The Bertz CT molecular complexity index is 3050. The lowest BCUT2D eigenvalue weighted by Gasteiger charge is -2.33. The van der Waals surface area contributed by atoms with Gasteiger partial charge in [-0.05, 0) is 158 Å². The molecule has 0 fully saturated rings. The molecule has 2 aliphatic carbocycles. The van der Waals surface area contributed by atoms with E-state index in [2.05, 4.69) is 207 Å². The molecule has 8 aromatic carbocycles. The number of para-hydroxylation sites is 3. The zero-order valence-electron chi connectivity index (χ0n) is 36.3. The lowest BCUT2D eigenvalue weighted by Crippen LogP contribution is -2.25. The van der Waals surface area contributed by atoms with E-state index in [1.165, 1.54) is 118 Å². The molecule has 62 heavy (non-hydrogen) atoms. The van der Waals surface area contributed by atoms with Crippen LogP contribution in [0, 0.1) is 0 Å². The van der Waals surface area contributed by atoms with Crippen LogP contribution in [-0.4, -0.2) is 6.54 Å². The number of rotatable bonds is 6. The summed E-state index contributed by atoms with van der Waals surface area (Å²) in [4.78, 5) is 4.96. The molecule has 0 atom stereocenters. The number of anilines is 5. The number of nitrogens with zero attached hydrogens (tertiary/aromatic N) is 2. The van der Waals surface area contributed by atoms with Crippen LogP contribution in [0.25, 0.3) is 33.4 Å². The highest BCUT2D eigenvalue weighted by atomic mass is 15.2. The van der Waals surface area contributed by atoms with Gasteiger partial charge in [-0.25, -0.2) is 0 Å². The molecule has 2 heterocycles. The quantitative estimate of drug-likeness (QED) is 0.165. The van der Waals surface area contributed by atoms with E-state index in [0.29, 0.717) is 0 Å². The van der Waals surface area contributed by atoms with Crippen molar-refractivity contribution in [2.75, 3.05) is 16.3 Å². The molecule has 0 unspecified atom stereocenters. The maximum Gasteiger partial charge on any atom is 0.0497 e. The van der Waals surface area contributed by atoms with Crippen LogP contribution in [0.1, 0.15) is 84.2 Å². The van der Waals surface area contributed by atoms with Gasteiger partial charge in [-0.15, -0.1) is 0 Å². The van der Waals surface area contributed by atoms with Crippen molar-refractivity contribution in [2.24, 2.45) is 0 Å². The Balaban J connectivity index is 0.776. The molecule has 2 aliphatic heterocycles. The van der Waals surface area contributed by atoms with E-state index in [4.69, 9.17) is 0 Å². The summed E-state index contributed by atoms with van der Waals surface area (Å²) in [5.74, 6) is 0. The maximum absolute atomic E-state index is 2.53. The van der Waals surface area contributed by atoms with Gasteiger partial charge < -0.3 is 9.80 Å². The third-order valence-electron chi connectivity index (χ3n) is 14.9. The summed E-state index contributed by atoms with van der Waals surface area (Å²) in [7, 11) is 0. The molecule has 2 nitrogen and oxygen atoms in total. The highest BCUT2D eigenvalue weighted by Crippen LogP contribution is 2.52. The molecule has 12 rings (SSSR count). The van der Waals surface area contributed by atoms with E-state index in [9.17, 15) is 0 Å². The van der Waals surface area contributed by atoms with Gasteiger partial charge in [-0.1, -0.05) is 149 Å². The van der Waals surface area contributed by atoms with Crippen LogP contribution in [0.15, 0.2) is 170 Å². The fourth-order valence-corrected chi connectivity index (χ4v) is 11.5. The van der Waals surface area contributed by atoms with E-state index >= 15 is 0 Å². The molecule has 0 bridgehead atoms. The van der Waals surface area contributed by atoms with Gasteiger partial charge in [0.15, 0.2) is 0 Å². The first-order valence-electron chi connectivity index (χ1n) is 22.7. The number of hydrogen-bond acceptors (Lipinski definition) is 2. The molecule has 0 N–H and O–H groups in total. The Morgan fingerprint density at radius 2 is 0.887 bits per heavy atom. The van der Waals surface area contributed by atoms with Crippen molar-refractivity contribution in [1.29, 1.82) is 0 Å². The topological polar surface area (TPSA) is 6.48 Å². The molecule has 0 aromatic heterocycles. The third-order valence-corrected chi connectivity index (χ3v) is 14.9. The van der Waals surface area contributed by atoms with Crippen LogP contribution >= 0.6 is 0 Å². The van der Waals surface area contributed by atoms with Crippen LogP contribution in [0.2, 0.25) is 0 Å². The van der Waals surface area contributed by atoms with Crippen molar-refractivity contribution < 1.29 is 0 Å². The molecular formula is C60H52N2. The van der Waals surface area contributed by atoms with Crippen molar-refractivity contribution in [3.8, 4) is 33.4 Å². The van der Waals surface area contributed by atoms with Crippen LogP contribution in [-0.2, 0) is 36.5 Å². The average molecular weight is 801 g/mol. The molecule has 0 radical (unpaired) electrons. The zero-order valence-corrected chi connectivity index (χ0v) is 36.3. The van der Waals surface area contributed by atoms with Crippen molar-refractivity contribution in [2.45, 2.75) is 70.6 Å². The molecule has 2 heteroatoms. The first-order chi connectivity index (χ1) is 30.2. The summed E-state index contributed by atoms with van der Waals surface area (Å²) in [6.07, 6.45) is 5.37. The molecule has 8 aromatic rings. The molecule has 0 amide bonds. The number of hydrogen-bond donors (Lipinski definition) is 0. The fraction of sp³-hybridized carbons (Fsp3) is 0.200. The Morgan fingerprint density at radius 1 is 0.419 bits per heavy atom. The summed E-state index contributed by atoms with van der Waals surface area (Å²) < 4.78 is 0. The Morgan fingerprint density at radius 3 is 1.50 bits per heavy atom. The van der Waals surface area contributed by atoms with Gasteiger partial charge in [0.05, 0.1) is 0 Å². The number of aryl methyl sites for hydroxylation is 3. The Hall–Kier alpha value is -6.64. The predicted molar refractivity (Wildman–Crippen MR) is 260 cm³/mol. The van der Waals surface area contributed by atoms with E-state index in [-0.39, 0.29) is 10.8 Å². The van der Waals surface area contributed by atoms with Gasteiger partial charge in [0.25, 0.3) is 0 Å². The van der Waals surface area contributed by atoms with Gasteiger partial charge in [-0.3, -0.25) is 0 Å². The second-order valence-corrected chi connectivity index (χ2v) is 19.2. The highest BCUT2D eigenvalue weighted by molar-refractivity contribution is 5.87. The van der Waals surface area contributed by atoms with Gasteiger partial charge in [-0.2, -0.15) is 0 Å². The summed E-state index contributed by atoms with van der Waals surface area (Å²) in [5, 5.41) is 0. The van der Waals surface area contributed by atoms with Gasteiger partial charge in [0.1, 0.15) is 0 Å². The fourth-order valence-electron chi connectivity index (χ4n) is 11.5. The number of fused-ring (bicyclic) bond motifs is 9. The molecule has 302 valence electrons. The van der Waals surface area contributed by atoms with Gasteiger partial charge >= 0.3 is 0 Å². The normalized spacial score (nSPS) is 15.8. The predicted octanol–water partition coefficient (Wildman–Crippen LogP) is 15.2. The first-order valence-corrected chi connectivity index (χ1v) is 22.7. The zero-order chi connectivity index (χ0) is 41.7. The highest BCUT2D eigenvalue weighted by Gasteiger charge is 2.38. The second kappa shape index (κ2) is 13.9. The minimum Gasteiger partial charge on any atom is -0.341 e. The van der Waals surface area contributed by atoms with E-state index in [1.54, 1.807) is 0 Å². The maximum atomic E-state index is 2.53. The number of benzene rings is 8. The third kappa shape index (κ3) is 5.76. The molecule has 0 saturated heterocycles. The van der Waals surface area contributed by atoms with E-state index < -0.39 is 0 Å². The van der Waals surface area contributed by atoms with Crippen molar-refractivity contribution in [3.63, 3.8) is 0 Å². The van der Waals surface area contributed by atoms with Crippen molar-refractivity contribution >= 4 is 28.4 Å². The Kier molecular flexibility index (Phi) is 8.35. The van der Waals surface area contributed by atoms with E-state index in [1.807, 2.05) is 0 Å². The van der Waals surface area contributed by atoms with Gasteiger partial charge in [0, 0.05) is 52.2 Å². The summed E-state index contributed by atoms with van der Waals surface area (Å²) in [5.41, 5.74) is 27.1. The van der Waals surface area contributed by atoms with Crippen LogP contribution in [0.5, 0.6) is 0 Å².